The van der Waals surface area contributed by atoms with E-state index in [1.807, 2.05) is 0 Å². The van der Waals surface area contributed by atoms with Crippen LogP contribution in [-0.4, -0.2) is 42.6 Å². The van der Waals surface area contributed by atoms with Crippen LogP contribution in [0.5, 0.6) is 0 Å². The summed E-state index contributed by atoms with van der Waals surface area (Å²) in [5, 5.41) is 0. The number of piperazine rings is 1. The topological polar surface area (TPSA) is 7.68 Å². The van der Waals surface area contributed by atoms with Gasteiger partial charge in [0.25, 0.3) is 0 Å². The largest absolute Gasteiger partial charge is 0.351 e. The molecule has 1 heterocycles. The van der Waals surface area contributed by atoms with Gasteiger partial charge in [0, 0.05) is 10.0 Å². The lowest BCUT2D eigenvalue weighted by Gasteiger charge is -2.33. The van der Waals surface area contributed by atoms with Crippen LogP contribution >= 0.6 is 28.1 Å². The van der Waals surface area contributed by atoms with E-state index in [4.69, 9.17) is 12.2 Å². The van der Waals surface area contributed by atoms with Crippen molar-refractivity contribution < 1.29 is 4.90 Å². The number of rotatable bonds is 2. The normalized spacial score (nSPS) is 17.2. The van der Waals surface area contributed by atoms with Gasteiger partial charge in [0.1, 0.15) is 4.99 Å². The summed E-state index contributed by atoms with van der Waals surface area (Å²) in [6.45, 7) is 8.04. The maximum atomic E-state index is 5.56. The van der Waals surface area contributed by atoms with Gasteiger partial charge < -0.3 is 9.80 Å². The van der Waals surface area contributed by atoms with E-state index in [1.165, 1.54) is 19.6 Å². The number of nitrogens with zero attached hydrogens (tertiary/aromatic N) is 1. The van der Waals surface area contributed by atoms with Crippen molar-refractivity contribution >= 4 is 33.1 Å². The number of nitrogens with one attached hydrogen (secondary N) is 1. The first-order chi connectivity index (χ1) is 8.20. The van der Waals surface area contributed by atoms with Crippen LogP contribution in [0.4, 0.5) is 0 Å². The Morgan fingerprint density at radius 1 is 1.29 bits per heavy atom. The molecule has 0 amide bonds. The van der Waals surface area contributed by atoms with Gasteiger partial charge in [-0.1, -0.05) is 40.3 Å². The molecule has 4 heteroatoms. The molecule has 0 saturated carbocycles. The van der Waals surface area contributed by atoms with Gasteiger partial charge in [-0.15, -0.1) is 0 Å². The highest BCUT2D eigenvalue weighted by Gasteiger charge is 2.20. The Bertz CT molecular complexity index is 383. The fraction of sp³-hybridized carbons (Fsp3) is 0.462. The second-order valence-electron chi connectivity index (χ2n) is 4.40. The second kappa shape index (κ2) is 5.94. The molecule has 0 spiro atoms. The molecule has 1 N–H and O–H groups in total. The fourth-order valence-electron chi connectivity index (χ4n) is 2.15. The summed E-state index contributed by atoms with van der Waals surface area (Å²) in [6, 6.07) is 8.28. The van der Waals surface area contributed by atoms with Gasteiger partial charge in [-0.05, 0) is 19.1 Å². The van der Waals surface area contributed by atoms with Crippen LogP contribution in [0.2, 0.25) is 0 Å². The third kappa shape index (κ3) is 3.27. The zero-order valence-corrected chi connectivity index (χ0v) is 12.5. The fourth-order valence-corrected chi connectivity index (χ4v) is 2.74. The minimum Gasteiger partial charge on any atom is -0.351 e. The van der Waals surface area contributed by atoms with Crippen LogP contribution < -0.4 is 4.90 Å². The van der Waals surface area contributed by atoms with Crippen LogP contribution in [0.3, 0.4) is 0 Å². The molecule has 17 heavy (non-hydrogen) atoms. The maximum absolute atomic E-state index is 5.56. The lowest BCUT2D eigenvalue weighted by molar-refractivity contribution is -0.902. The average Bonchev–Trinajstić information content (AvgIpc) is 2.39. The molecule has 0 atom stereocenters. The number of likely N-dealkylation sites (N-methyl/N-ethyl adjacent to an activating group) is 1. The highest BCUT2D eigenvalue weighted by atomic mass is 79.9. The molecule has 0 unspecified atom stereocenters. The monoisotopic (exact) mass is 313 g/mol. The summed E-state index contributed by atoms with van der Waals surface area (Å²) in [7, 11) is 0. The average molecular weight is 314 g/mol. The molecule has 0 aliphatic carbocycles. The molecule has 2 rings (SSSR count). The minimum atomic E-state index is 0.993. The molecule has 0 aromatic heterocycles. The number of benzene rings is 1. The Kier molecular flexibility index (Phi) is 4.54. The standard InChI is InChI=1S/C13H17BrN2S/c1-2-15-7-9-16(10-8-15)13(17)11-3-5-12(14)6-4-11/h3-6H,2,7-10H2,1H3/p+1. The molecule has 1 fully saturated rings. The summed E-state index contributed by atoms with van der Waals surface area (Å²) >= 11 is 9.01. The molecule has 0 bridgehead atoms. The molecule has 1 aromatic rings. The third-order valence-electron chi connectivity index (χ3n) is 3.35. The molecule has 1 saturated heterocycles. The highest BCUT2D eigenvalue weighted by molar-refractivity contribution is 9.10. The first-order valence-electron chi connectivity index (χ1n) is 6.09. The minimum absolute atomic E-state index is 0.993. The molecule has 1 aliphatic heterocycles. The number of hydrogen-bond acceptors (Lipinski definition) is 1. The first kappa shape index (κ1) is 13.0. The summed E-state index contributed by atoms with van der Waals surface area (Å²) < 4.78 is 1.10. The summed E-state index contributed by atoms with van der Waals surface area (Å²) in [6.07, 6.45) is 0. The SMILES string of the molecule is CC[NH+]1CCN(C(=S)c2ccc(Br)cc2)CC1. The zero-order chi connectivity index (χ0) is 12.3. The van der Waals surface area contributed by atoms with Crippen LogP contribution in [0.15, 0.2) is 28.7 Å². The van der Waals surface area contributed by atoms with Gasteiger partial charge in [0.2, 0.25) is 0 Å². The van der Waals surface area contributed by atoms with Crippen molar-refractivity contribution in [2.75, 3.05) is 32.7 Å². The number of quaternary nitrogens is 1. The summed E-state index contributed by atoms with van der Waals surface area (Å²) in [5.74, 6) is 0. The van der Waals surface area contributed by atoms with Crippen molar-refractivity contribution in [2.45, 2.75) is 6.92 Å². The summed E-state index contributed by atoms with van der Waals surface area (Å²) in [4.78, 5) is 5.00. The van der Waals surface area contributed by atoms with Crippen LogP contribution in [0, 0.1) is 0 Å². The molecule has 92 valence electrons. The Labute approximate surface area is 117 Å². The molecule has 1 aliphatic rings. The first-order valence-corrected chi connectivity index (χ1v) is 7.29. The van der Waals surface area contributed by atoms with Crippen molar-refractivity contribution in [1.29, 1.82) is 0 Å². The highest BCUT2D eigenvalue weighted by Crippen LogP contribution is 2.13. The van der Waals surface area contributed by atoms with Crippen molar-refractivity contribution in [3.05, 3.63) is 34.3 Å². The van der Waals surface area contributed by atoms with Crippen LogP contribution in [-0.2, 0) is 0 Å². The van der Waals surface area contributed by atoms with E-state index in [0.29, 0.717) is 0 Å². The van der Waals surface area contributed by atoms with E-state index in [1.54, 1.807) is 4.90 Å². The quantitative estimate of drug-likeness (QED) is 0.824. The third-order valence-corrected chi connectivity index (χ3v) is 4.37. The van der Waals surface area contributed by atoms with E-state index in [-0.39, 0.29) is 0 Å². The predicted octanol–water partition coefficient (Wildman–Crippen LogP) is 1.35. The van der Waals surface area contributed by atoms with Crippen molar-refractivity contribution in [3.8, 4) is 0 Å². The zero-order valence-electron chi connectivity index (χ0n) is 10.1. The van der Waals surface area contributed by atoms with E-state index < -0.39 is 0 Å². The van der Waals surface area contributed by atoms with Crippen molar-refractivity contribution in [2.24, 2.45) is 0 Å². The Morgan fingerprint density at radius 3 is 2.41 bits per heavy atom. The number of thiocarbonyl (C=S) groups is 1. The number of hydrogen-bond donors (Lipinski definition) is 1. The lowest BCUT2D eigenvalue weighted by atomic mass is 10.2. The van der Waals surface area contributed by atoms with Gasteiger partial charge >= 0.3 is 0 Å². The number of halogens is 1. The van der Waals surface area contributed by atoms with Gasteiger partial charge in [0.05, 0.1) is 32.7 Å². The van der Waals surface area contributed by atoms with E-state index in [0.717, 1.165) is 28.1 Å². The Balaban J connectivity index is 1.99. The van der Waals surface area contributed by atoms with E-state index >= 15 is 0 Å². The molecule has 0 radical (unpaired) electrons. The predicted molar refractivity (Wildman–Crippen MR) is 78.7 cm³/mol. The Hall–Kier alpha value is -0.450. The second-order valence-corrected chi connectivity index (χ2v) is 5.71. The van der Waals surface area contributed by atoms with Gasteiger partial charge in [-0.2, -0.15) is 0 Å². The lowest BCUT2D eigenvalue weighted by Crippen LogP contribution is -3.14. The molecule has 1 aromatic carbocycles. The van der Waals surface area contributed by atoms with Crippen LogP contribution in [0.25, 0.3) is 0 Å². The maximum Gasteiger partial charge on any atom is 0.109 e. The van der Waals surface area contributed by atoms with Crippen molar-refractivity contribution in [3.63, 3.8) is 0 Å². The van der Waals surface area contributed by atoms with Crippen LogP contribution in [0.1, 0.15) is 12.5 Å². The Morgan fingerprint density at radius 2 is 1.88 bits per heavy atom. The smallest absolute Gasteiger partial charge is 0.109 e. The molecular formula is C13H18BrN2S+. The molecular weight excluding hydrogens is 296 g/mol. The molecule has 2 nitrogen and oxygen atoms in total. The van der Waals surface area contributed by atoms with Crippen molar-refractivity contribution in [1.82, 2.24) is 4.90 Å². The van der Waals surface area contributed by atoms with Gasteiger partial charge in [-0.3, -0.25) is 0 Å². The summed E-state index contributed by atoms with van der Waals surface area (Å²) in [5.41, 5.74) is 1.16. The van der Waals surface area contributed by atoms with E-state index in [2.05, 4.69) is 52.0 Å². The van der Waals surface area contributed by atoms with Gasteiger partial charge in [-0.25, -0.2) is 0 Å². The van der Waals surface area contributed by atoms with E-state index in [9.17, 15) is 0 Å². The van der Waals surface area contributed by atoms with Gasteiger partial charge in [0.15, 0.2) is 0 Å².